The van der Waals surface area contributed by atoms with E-state index in [0.717, 1.165) is 23.7 Å². The second kappa shape index (κ2) is 5.02. The van der Waals surface area contributed by atoms with E-state index >= 15 is 0 Å². The van der Waals surface area contributed by atoms with Crippen LogP contribution in [0.25, 0.3) is 0 Å². The van der Waals surface area contributed by atoms with Crippen molar-refractivity contribution >= 4 is 37.8 Å². The standard InChI is InChI=1S/C10H12N2O6S2/c1-20(17,18)8-5-7(12(15)16)9(19-8)11-4-2-3-6(11)10(13)14/h5-6H,2-4H2,1H3,(H,13,14)/t6-/m0/s1. The number of rotatable bonds is 4. The van der Waals surface area contributed by atoms with Gasteiger partial charge in [0.05, 0.1) is 4.92 Å². The molecule has 8 nitrogen and oxygen atoms in total. The number of hydrogen-bond donors (Lipinski definition) is 1. The highest BCUT2D eigenvalue weighted by Gasteiger charge is 2.37. The van der Waals surface area contributed by atoms with Crippen molar-refractivity contribution in [1.29, 1.82) is 0 Å². The van der Waals surface area contributed by atoms with E-state index in [1.807, 2.05) is 0 Å². The number of sulfone groups is 1. The van der Waals surface area contributed by atoms with Gasteiger partial charge in [0.15, 0.2) is 14.8 Å². The lowest BCUT2D eigenvalue weighted by Gasteiger charge is -2.20. The number of nitrogens with zero attached hydrogens (tertiary/aromatic N) is 2. The van der Waals surface area contributed by atoms with Gasteiger partial charge < -0.3 is 10.0 Å². The first kappa shape index (κ1) is 14.7. The summed E-state index contributed by atoms with van der Waals surface area (Å²) in [6.45, 7) is 0.363. The third-order valence-electron chi connectivity index (χ3n) is 3.03. The Kier molecular flexibility index (Phi) is 3.69. The molecule has 1 aromatic rings. The summed E-state index contributed by atoms with van der Waals surface area (Å²) in [4.78, 5) is 22.9. The van der Waals surface area contributed by atoms with E-state index in [9.17, 15) is 23.3 Å². The van der Waals surface area contributed by atoms with Gasteiger partial charge in [-0.25, -0.2) is 13.2 Å². The number of anilines is 1. The molecule has 0 aromatic carbocycles. The van der Waals surface area contributed by atoms with E-state index in [-0.39, 0.29) is 14.9 Å². The Morgan fingerprint density at radius 3 is 2.75 bits per heavy atom. The lowest BCUT2D eigenvalue weighted by Crippen LogP contribution is -2.35. The highest BCUT2D eigenvalue weighted by Crippen LogP contribution is 2.42. The fraction of sp³-hybridized carbons (Fsp3) is 0.500. The van der Waals surface area contributed by atoms with Crippen LogP contribution >= 0.6 is 11.3 Å². The van der Waals surface area contributed by atoms with Crippen LogP contribution in [-0.2, 0) is 14.6 Å². The van der Waals surface area contributed by atoms with E-state index < -0.39 is 26.8 Å². The Morgan fingerprint density at radius 1 is 1.60 bits per heavy atom. The summed E-state index contributed by atoms with van der Waals surface area (Å²) in [6, 6.07) is 0.145. The van der Waals surface area contributed by atoms with Crippen LogP contribution in [0.1, 0.15) is 12.8 Å². The average molecular weight is 320 g/mol. The maximum absolute atomic E-state index is 11.5. The number of thiophene rings is 1. The molecule has 0 amide bonds. The topological polar surface area (TPSA) is 118 Å². The molecule has 1 atom stereocenters. The maximum atomic E-state index is 11.5. The number of nitro groups is 1. The molecule has 20 heavy (non-hydrogen) atoms. The predicted octanol–water partition coefficient (Wildman–Crippen LogP) is 1.11. The van der Waals surface area contributed by atoms with Crippen molar-refractivity contribution in [2.75, 3.05) is 17.7 Å². The van der Waals surface area contributed by atoms with E-state index in [2.05, 4.69) is 0 Å². The Bertz CT molecular complexity index is 665. The zero-order chi connectivity index (χ0) is 15.1. The Hall–Kier alpha value is -1.68. The summed E-state index contributed by atoms with van der Waals surface area (Å²) < 4.78 is 22.9. The lowest BCUT2D eigenvalue weighted by molar-refractivity contribution is -0.383. The molecule has 10 heteroatoms. The first-order valence-electron chi connectivity index (χ1n) is 5.69. The normalized spacial score (nSPS) is 19.2. The summed E-state index contributed by atoms with van der Waals surface area (Å²) in [7, 11) is -3.57. The third-order valence-corrected chi connectivity index (χ3v) is 5.99. The minimum atomic E-state index is -3.57. The second-order valence-corrected chi connectivity index (χ2v) is 7.75. The number of carboxylic acids is 1. The fourth-order valence-corrected chi connectivity index (χ4v) is 4.24. The quantitative estimate of drug-likeness (QED) is 0.652. The second-order valence-electron chi connectivity index (χ2n) is 4.47. The van der Waals surface area contributed by atoms with Crippen molar-refractivity contribution < 1.29 is 23.2 Å². The average Bonchev–Trinajstić information content (AvgIpc) is 2.94. The van der Waals surface area contributed by atoms with Gasteiger partial charge in [-0.15, -0.1) is 0 Å². The van der Waals surface area contributed by atoms with Crippen LogP contribution < -0.4 is 4.90 Å². The molecule has 1 saturated heterocycles. The van der Waals surface area contributed by atoms with E-state index in [0.29, 0.717) is 19.4 Å². The lowest BCUT2D eigenvalue weighted by atomic mass is 10.2. The monoisotopic (exact) mass is 320 g/mol. The van der Waals surface area contributed by atoms with Gasteiger partial charge in [-0.2, -0.15) is 0 Å². The van der Waals surface area contributed by atoms with Crippen LogP contribution in [0.3, 0.4) is 0 Å². The number of carboxylic acid groups (broad SMARTS) is 1. The van der Waals surface area contributed by atoms with Crippen molar-refractivity contribution in [3.63, 3.8) is 0 Å². The maximum Gasteiger partial charge on any atom is 0.326 e. The minimum Gasteiger partial charge on any atom is -0.480 e. The summed E-state index contributed by atoms with van der Waals surface area (Å²) in [6.07, 6.45) is 1.95. The van der Waals surface area contributed by atoms with Crippen LogP contribution in [0.5, 0.6) is 0 Å². The van der Waals surface area contributed by atoms with Crippen LogP contribution in [0, 0.1) is 10.1 Å². The van der Waals surface area contributed by atoms with Gasteiger partial charge in [-0.05, 0) is 12.8 Å². The van der Waals surface area contributed by atoms with Crippen LogP contribution in [0.2, 0.25) is 0 Å². The van der Waals surface area contributed by atoms with E-state index in [1.165, 1.54) is 4.90 Å². The molecule has 1 aliphatic rings. The summed E-state index contributed by atoms with van der Waals surface area (Å²) in [5, 5.41) is 20.3. The number of aliphatic carboxylic acids is 1. The SMILES string of the molecule is CS(=O)(=O)c1cc([N+](=O)[O-])c(N2CCC[C@H]2C(=O)O)s1. The van der Waals surface area contributed by atoms with Gasteiger partial charge >= 0.3 is 11.7 Å². The molecule has 2 heterocycles. The largest absolute Gasteiger partial charge is 0.480 e. The van der Waals surface area contributed by atoms with Crippen LogP contribution in [-0.4, -0.2) is 43.3 Å². The van der Waals surface area contributed by atoms with Crippen LogP contribution in [0.4, 0.5) is 10.7 Å². The molecule has 1 fully saturated rings. The fourth-order valence-electron chi connectivity index (χ4n) is 2.14. The highest BCUT2D eigenvalue weighted by molar-refractivity contribution is 7.92. The van der Waals surface area contributed by atoms with Crippen molar-refractivity contribution in [2.24, 2.45) is 0 Å². The Morgan fingerprint density at radius 2 is 2.25 bits per heavy atom. The van der Waals surface area contributed by atoms with Gasteiger partial charge in [0, 0.05) is 18.9 Å². The molecule has 1 N–H and O–H groups in total. The minimum absolute atomic E-state index is 0.0975. The number of carbonyl (C=O) groups is 1. The van der Waals surface area contributed by atoms with Gasteiger partial charge in [0.25, 0.3) is 0 Å². The molecule has 2 rings (SSSR count). The van der Waals surface area contributed by atoms with E-state index in [1.54, 1.807) is 0 Å². The molecular formula is C10H12N2O6S2. The first-order valence-corrected chi connectivity index (χ1v) is 8.40. The van der Waals surface area contributed by atoms with Crippen molar-refractivity contribution in [2.45, 2.75) is 23.1 Å². The Labute approximate surface area is 118 Å². The summed E-state index contributed by atoms with van der Waals surface area (Å²) >= 11 is 0.746. The molecule has 0 radical (unpaired) electrons. The van der Waals surface area contributed by atoms with Crippen molar-refractivity contribution in [3.05, 3.63) is 16.2 Å². The molecule has 0 bridgehead atoms. The zero-order valence-electron chi connectivity index (χ0n) is 10.5. The van der Waals surface area contributed by atoms with Crippen molar-refractivity contribution in [3.8, 4) is 0 Å². The van der Waals surface area contributed by atoms with Crippen LogP contribution in [0.15, 0.2) is 10.3 Å². The molecule has 0 saturated carbocycles. The summed E-state index contributed by atoms with van der Waals surface area (Å²) in [5.74, 6) is -1.06. The zero-order valence-corrected chi connectivity index (χ0v) is 12.1. The number of hydrogen-bond acceptors (Lipinski definition) is 7. The molecule has 110 valence electrons. The molecule has 1 aromatic heterocycles. The molecule has 0 unspecified atom stereocenters. The van der Waals surface area contributed by atoms with Crippen molar-refractivity contribution in [1.82, 2.24) is 0 Å². The van der Waals surface area contributed by atoms with Gasteiger partial charge in [0.2, 0.25) is 0 Å². The third kappa shape index (κ3) is 2.61. The summed E-state index contributed by atoms with van der Waals surface area (Å²) in [5.41, 5.74) is -0.358. The highest BCUT2D eigenvalue weighted by atomic mass is 32.2. The van der Waals surface area contributed by atoms with Gasteiger partial charge in [-0.3, -0.25) is 10.1 Å². The van der Waals surface area contributed by atoms with Gasteiger partial charge in [-0.1, -0.05) is 11.3 Å². The molecular weight excluding hydrogens is 308 g/mol. The smallest absolute Gasteiger partial charge is 0.326 e. The first-order chi connectivity index (χ1) is 9.21. The molecule has 1 aliphatic heterocycles. The molecule has 0 spiro atoms. The predicted molar refractivity (Wildman–Crippen MR) is 72.1 cm³/mol. The van der Waals surface area contributed by atoms with Gasteiger partial charge in [0.1, 0.15) is 10.3 Å². The molecule has 0 aliphatic carbocycles. The Balaban J connectivity index is 2.53. The van der Waals surface area contributed by atoms with E-state index in [4.69, 9.17) is 5.11 Å².